The lowest BCUT2D eigenvalue weighted by molar-refractivity contribution is -0.149. The zero-order chi connectivity index (χ0) is 38.7. The van der Waals surface area contributed by atoms with E-state index in [1.807, 2.05) is 13.8 Å². The quantitative estimate of drug-likeness (QED) is 0.132. The average Bonchev–Trinajstić information content (AvgIpc) is 3.56. The lowest BCUT2D eigenvalue weighted by Gasteiger charge is -2.33. The van der Waals surface area contributed by atoms with Crippen molar-refractivity contribution in [3.8, 4) is 0 Å². The third-order valence-corrected chi connectivity index (χ3v) is 8.89. The van der Waals surface area contributed by atoms with Gasteiger partial charge in [-0.05, 0) is 74.3 Å². The van der Waals surface area contributed by atoms with E-state index < -0.39 is 95.6 Å². The maximum Gasteiger partial charge on any atom is 0.306 e. The van der Waals surface area contributed by atoms with Gasteiger partial charge in [0.15, 0.2) is 11.5 Å². The van der Waals surface area contributed by atoms with Gasteiger partial charge in [0, 0.05) is 25.2 Å². The number of amides is 4. The van der Waals surface area contributed by atoms with Crippen LogP contribution in [0.2, 0.25) is 0 Å². The highest BCUT2D eigenvalue weighted by molar-refractivity contribution is 5.96. The van der Waals surface area contributed by atoms with Gasteiger partial charge in [0.25, 0.3) is 11.8 Å². The van der Waals surface area contributed by atoms with Crippen molar-refractivity contribution in [1.29, 1.82) is 0 Å². The largest absolute Gasteiger partial charge is 0.481 e. The van der Waals surface area contributed by atoms with Crippen LogP contribution in [0.25, 0.3) is 0 Å². The van der Waals surface area contributed by atoms with Crippen LogP contribution < -0.4 is 16.0 Å². The molecule has 0 radical (unpaired) electrons. The molecule has 3 rings (SSSR count). The van der Waals surface area contributed by atoms with Gasteiger partial charge < -0.3 is 40.6 Å². The minimum atomic E-state index is -1.65. The van der Waals surface area contributed by atoms with E-state index in [1.165, 1.54) is 12.1 Å². The predicted octanol–water partition coefficient (Wildman–Crippen LogP) is 3.12. The van der Waals surface area contributed by atoms with Crippen molar-refractivity contribution < 1.29 is 57.3 Å². The fraction of sp³-hybridized carbons (Fsp3) is 0.556. The average molecular weight is 735 g/mol. The molecule has 4 amide bonds. The molecule has 1 aliphatic carbocycles. The zero-order valence-electron chi connectivity index (χ0n) is 29.7. The number of benzene rings is 1. The molecule has 0 aliphatic heterocycles. The van der Waals surface area contributed by atoms with Crippen molar-refractivity contribution >= 4 is 35.6 Å². The van der Waals surface area contributed by atoms with Crippen LogP contribution in [-0.2, 0) is 25.6 Å². The maximum absolute atomic E-state index is 14.1. The number of rotatable bonds is 18. The minimum Gasteiger partial charge on any atom is -0.481 e. The molecule has 0 saturated heterocycles. The van der Waals surface area contributed by atoms with E-state index in [2.05, 4.69) is 16.0 Å². The van der Waals surface area contributed by atoms with Crippen LogP contribution in [0, 0.1) is 29.4 Å². The van der Waals surface area contributed by atoms with Crippen molar-refractivity contribution in [2.75, 3.05) is 13.1 Å². The van der Waals surface area contributed by atoms with Gasteiger partial charge >= 0.3 is 11.9 Å². The first-order valence-electron chi connectivity index (χ1n) is 17.4. The molecule has 1 saturated carbocycles. The van der Waals surface area contributed by atoms with Gasteiger partial charge in [0.2, 0.25) is 11.8 Å². The van der Waals surface area contributed by atoms with Crippen LogP contribution in [0.4, 0.5) is 8.78 Å². The smallest absolute Gasteiger partial charge is 0.306 e. The van der Waals surface area contributed by atoms with Gasteiger partial charge in [-0.1, -0.05) is 27.7 Å². The van der Waals surface area contributed by atoms with E-state index in [1.54, 1.807) is 18.7 Å². The second kappa shape index (κ2) is 19.1. The summed E-state index contributed by atoms with van der Waals surface area (Å²) in [6, 6.07) is 2.00. The van der Waals surface area contributed by atoms with Gasteiger partial charge in [-0.25, -0.2) is 8.78 Å². The number of hydrogen-bond donors (Lipinski definition) is 6. The third-order valence-electron chi connectivity index (χ3n) is 8.89. The molecule has 1 heterocycles. The Morgan fingerprint density at radius 2 is 1.42 bits per heavy atom. The second-order valence-electron chi connectivity index (χ2n) is 13.6. The summed E-state index contributed by atoms with van der Waals surface area (Å²) in [6.07, 6.45) is -1.30. The predicted molar refractivity (Wildman–Crippen MR) is 182 cm³/mol. The first-order valence-corrected chi connectivity index (χ1v) is 17.4. The Labute approximate surface area is 300 Å². The molecule has 1 aromatic carbocycles. The molecule has 6 N–H and O–H groups in total. The van der Waals surface area contributed by atoms with Crippen LogP contribution >= 0.6 is 0 Å². The molecule has 0 bridgehead atoms. The number of furan rings is 1. The zero-order valence-corrected chi connectivity index (χ0v) is 29.7. The van der Waals surface area contributed by atoms with Crippen molar-refractivity contribution in [1.82, 2.24) is 20.9 Å². The highest BCUT2D eigenvalue weighted by atomic mass is 19.1. The number of aliphatic carboxylic acids is 2. The molecule has 1 fully saturated rings. The molecule has 14 nitrogen and oxygen atoms in total. The highest BCUT2D eigenvalue weighted by Crippen LogP contribution is 2.30. The Morgan fingerprint density at radius 1 is 0.865 bits per heavy atom. The fourth-order valence-corrected chi connectivity index (χ4v) is 6.32. The standard InChI is InChI=1S/C36H48F2N4O10/c1-5-9-42(10-6-2)34(47)29-8-7-28(52-29)32(45)40-26(13-20-11-23(37)17-24(38)12-20)27(43)18-30(44)41-31(19(3)4)33(46)39-25-15-21(35(48)49)14-22(16-25)36(50)51/h7-8,11-12,17,19,21-22,25-27,31,43H,5-6,9-10,13-16,18H2,1-4H3,(H,39,46)(H,40,45)(H,41,44)(H,48,49)(H,50,51)/t21?,22?,25?,26-,27-,31-/m0/s1. The lowest BCUT2D eigenvalue weighted by atomic mass is 9.78. The number of carboxylic acids is 2. The van der Waals surface area contributed by atoms with Crippen LogP contribution in [0.3, 0.4) is 0 Å². The minimum absolute atomic E-state index is 0.00540. The number of nitrogens with zero attached hydrogens (tertiary/aromatic N) is 1. The number of aliphatic hydroxyl groups is 1. The molecular formula is C36H48F2N4O10. The van der Waals surface area contributed by atoms with Gasteiger partial charge in [0.05, 0.1) is 30.4 Å². The van der Waals surface area contributed by atoms with E-state index in [4.69, 9.17) is 4.42 Å². The fourth-order valence-electron chi connectivity index (χ4n) is 6.32. The monoisotopic (exact) mass is 734 g/mol. The Bertz CT molecular complexity index is 1550. The van der Waals surface area contributed by atoms with E-state index in [9.17, 15) is 52.9 Å². The van der Waals surface area contributed by atoms with Gasteiger partial charge in [-0.3, -0.25) is 28.8 Å². The van der Waals surface area contributed by atoms with E-state index in [0.29, 0.717) is 32.0 Å². The molecule has 1 aliphatic rings. The summed E-state index contributed by atoms with van der Waals surface area (Å²) >= 11 is 0. The summed E-state index contributed by atoms with van der Waals surface area (Å²) in [5, 5.41) is 37.9. The van der Waals surface area contributed by atoms with Crippen molar-refractivity contribution in [2.45, 2.75) is 96.9 Å². The first kappa shape index (κ1) is 41.6. The Kier molecular flexibility index (Phi) is 15.3. The highest BCUT2D eigenvalue weighted by Gasteiger charge is 2.38. The molecule has 2 unspecified atom stereocenters. The van der Waals surface area contributed by atoms with E-state index in [0.717, 1.165) is 12.1 Å². The van der Waals surface area contributed by atoms with E-state index >= 15 is 0 Å². The SMILES string of the molecule is CCCN(CCC)C(=O)c1ccc(C(=O)N[C@@H](Cc2cc(F)cc(F)c2)[C@@H](O)CC(=O)N[C@H](C(=O)NC2CC(C(=O)O)CC(C(=O)O)C2)C(C)C)o1. The van der Waals surface area contributed by atoms with Crippen LogP contribution in [-0.4, -0.2) is 93.1 Å². The van der Waals surface area contributed by atoms with Crippen LogP contribution in [0.1, 0.15) is 92.9 Å². The topological polar surface area (TPSA) is 216 Å². The van der Waals surface area contributed by atoms with Gasteiger partial charge in [-0.15, -0.1) is 0 Å². The number of halogens is 2. The maximum atomic E-state index is 14.1. The van der Waals surface area contributed by atoms with Crippen LogP contribution in [0.5, 0.6) is 0 Å². The molecule has 2 aromatic rings. The molecule has 286 valence electrons. The van der Waals surface area contributed by atoms with Crippen LogP contribution in [0.15, 0.2) is 34.7 Å². The third kappa shape index (κ3) is 11.9. The van der Waals surface area contributed by atoms with Crippen molar-refractivity contribution in [3.63, 3.8) is 0 Å². The van der Waals surface area contributed by atoms with Gasteiger partial charge in [0.1, 0.15) is 17.7 Å². The number of nitrogens with one attached hydrogen (secondary N) is 3. The molecular weight excluding hydrogens is 686 g/mol. The Morgan fingerprint density at radius 3 is 1.94 bits per heavy atom. The summed E-state index contributed by atoms with van der Waals surface area (Å²) in [5.74, 6) is -9.78. The number of carbonyl (C=O) groups is 6. The number of carbonyl (C=O) groups excluding carboxylic acids is 4. The van der Waals surface area contributed by atoms with Crippen molar-refractivity contribution in [2.24, 2.45) is 17.8 Å². The van der Waals surface area contributed by atoms with E-state index in [-0.39, 0.29) is 42.8 Å². The summed E-state index contributed by atoms with van der Waals surface area (Å²) in [5.41, 5.74) is 0.0542. The van der Waals surface area contributed by atoms with Crippen molar-refractivity contribution in [3.05, 3.63) is 59.1 Å². The number of hydrogen-bond acceptors (Lipinski definition) is 8. The van der Waals surface area contributed by atoms with Gasteiger partial charge in [-0.2, -0.15) is 0 Å². The first-order chi connectivity index (χ1) is 24.5. The normalized spacial score (nSPS) is 18.9. The number of carboxylic acid groups (broad SMARTS) is 2. The summed E-state index contributed by atoms with van der Waals surface area (Å²) < 4.78 is 33.7. The molecule has 1 aromatic heterocycles. The molecule has 5 atom stereocenters. The Hall–Kier alpha value is -4.86. The summed E-state index contributed by atoms with van der Waals surface area (Å²) in [6.45, 7) is 8.05. The summed E-state index contributed by atoms with van der Waals surface area (Å²) in [4.78, 5) is 77.6. The molecule has 0 spiro atoms. The second-order valence-corrected chi connectivity index (χ2v) is 13.6. The summed E-state index contributed by atoms with van der Waals surface area (Å²) in [7, 11) is 0. The molecule has 16 heteroatoms. The Balaban J connectivity index is 1.76. The lowest BCUT2D eigenvalue weighted by Crippen LogP contribution is -2.55. The molecule has 52 heavy (non-hydrogen) atoms. The number of aliphatic hydroxyl groups excluding tert-OH is 1.